The molecule has 2 aliphatic rings. The van der Waals surface area contributed by atoms with Crippen molar-refractivity contribution in [3.05, 3.63) is 53.7 Å². The number of nitrogens with one attached hydrogen (secondary N) is 2. The van der Waals surface area contributed by atoms with Gasteiger partial charge in [0.2, 0.25) is 5.91 Å². The number of hydrogen-bond acceptors (Lipinski definition) is 3. The fourth-order valence-corrected chi connectivity index (χ4v) is 3.72. The van der Waals surface area contributed by atoms with Crippen LogP contribution in [0.25, 0.3) is 5.57 Å². The smallest absolute Gasteiger partial charge is 0.328 e. The van der Waals surface area contributed by atoms with Crippen molar-refractivity contribution in [1.29, 1.82) is 0 Å². The van der Waals surface area contributed by atoms with E-state index in [4.69, 9.17) is 11.6 Å². The normalized spacial score (nSPS) is 26.1. The molecule has 1 fully saturated rings. The number of piperidine rings is 1. The highest BCUT2D eigenvalue weighted by Gasteiger charge is 2.47. The van der Waals surface area contributed by atoms with Crippen molar-refractivity contribution in [2.24, 2.45) is 0 Å². The molecule has 146 valence electrons. The number of hydrogen-bond donors (Lipinski definition) is 2. The Labute approximate surface area is 160 Å². The first-order valence-corrected chi connectivity index (χ1v) is 9.11. The van der Waals surface area contributed by atoms with Crippen molar-refractivity contribution in [3.8, 4) is 0 Å². The molecule has 1 aromatic carbocycles. The lowest BCUT2D eigenvalue weighted by molar-refractivity contribution is -0.342. The Morgan fingerprint density at radius 2 is 1.96 bits per heavy atom. The Morgan fingerprint density at radius 1 is 1.22 bits per heavy atom. The molecule has 27 heavy (non-hydrogen) atoms. The first-order valence-electron chi connectivity index (χ1n) is 8.74. The highest BCUT2D eigenvalue weighted by atomic mass is 35.5. The average molecular weight is 401 g/mol. The van der Waals surface area contributed by atoms with Gasteiger partial charge < -0.3 is 10.6 Å². The molecule has 1 amide bonds. The molecule has 1 heterocycles. The van der Waals surface area contributed by atoms with Crippen molar-refractivity contribution in [2.45, 2.75) is 43.1 Å². The second-order valence-corrected chi connectivity index (χ2v) is 7.19. The maximum Gasteiger partial charge on any atom is 0.524 e. The van der Waals surface area contributed by atoms with Crippen molar-refractivity contribution in [1.82, 2.24) is 10.6 Å². The second-order valence-electron chi connectivity index (χ2n) is 6.58. The molecule has 1 aliphatic heterocycles. The summed E-state index contributed by atoms with van der Waals surface area (Å²) >= 11 is 6.31. The Bertz CT molecular complexity index is 743. The topological polar surface area (TPSA) is 50.4 Å². The van der Waals surface area contributed by atoms with Crippen LogP contribution < -0.4 is 10.6 Å². The summed E-state index contributed by atoms with van der Waals surface area (Å²) in [5.41, 5.74) is 0.995. The molecule has 2 atom stereocenters. The molecule has 2 unspecified atom stereocenters. The number of amides is 1. The van der Waals surface area contributed by atoms with Gasteiger partial charge in [-0.2, -0.15) is 0 Å². The Kier molecular flexibility index (Phi) is 5.93. The maximum atomic E-state index is 13.0. The first-order chi connectivity index (χ1) is 12.8. The van der Waals surface area contributed by atoms with Gasteiger partial charge in [0, 0.05) is 17.7 Å². The summed E-state index contributed by atoms with van der Waals surface area (Å²) in [7, 11) is 0. The summed E-state index contributed by atoms with van der Waals surface area (Å²) in [5, 5.41) is 3.63. The number of ether oxygens (including phenoxy) is 1. The summed E-state index contributed by atoms with van der Waals surface area (Å²) in [6.07, 6.45) is 0.416. The first kappa shape index (κ1) is 19.9. The van der Waals surface area contributed by atoms with Gasteiger partial charge in [0.05, 0.1) is 6.04 Å². The van der Waals surface area contributed by atoms with Crippen LogP contribution in [0.4, 0.5) is 13.2 Å². The van der Waals surface area contributed by atoms with Crippen LogP contribution >= 0.6 is 11.6 Å². The van der Waals surface area contributed by atoms with Crippen molar-refractivity contribution >= 4 is 23.1 Å². The third-order valence-corrected chi connectivity index (χ3v) is 4.96. The van der Waals surface area contributed by atoms with Gasteiger partial charge in [0.25, 0.3) is 0 Å². The molecule has 0 radical (unpaired) electrons. The molecule has 2 N–H and O–H groups in total. The molecule has 8 heteroatoms. The van der Waals surface area contributed by atoms with Crippen LogP contribution in [0.2, 0.25) is 0 Å². The van der Waals surface area contributed by atoms with E-state index in [0.717, 1.165) is 19.4 Å². The van der Waals surface area contributed by atoms with E-state index in [-0.39, 0.29) is 29.6 Å². The minimum atomic E-state index is -4.92. The monoisotopic (exact) mass is 400 g/mol. The lowest BCUT2D eigenvalue weighted by atomic mass is 9.92. The van der Waals surface area contributed by atoms with Crippen molar-refractivity contribution in [3.63, 3.8) is 0 Å². The third kappa shape index (κ3) is 5.12. The van der Waals surface area contributed by atoms with Crippen LogP contribution in [0, 0.1) is 0 Å². The van der Waals surface area contributed by atoms with Gasteiger partial charge >= 0.3 is 6.36 Å². The quantitative estimate of drug-likeness (QED) is 0.748. The number of rotatable bonds is 4. The van der Waals surface area contributed by atoms with Crippen LogP contribution in [0.15, 0.2) is 48.2 Å². The van der Waals surface area contributed by atoms with Crippen molar-refractivity contribution in [2.75, 3.05) is 6.54 Å². The van der Waals surface area contributed by atoms with E-state index in [9.17, 15) is 18.0 Å². The van der Waals surface area contributed by atoms with Crippen molar-refractivity contribution < 1.29 is 22.7 Å². The Hall–Kier alpha value is -1.83. The molecular weight excluding hydrogens is 381 g/mol. The van der Waals surface area contributed by atoms with E-state index in [2.05, 4.69) is 15.4 Å². The molecule has 0 aromatic heterocycles. The van der Waals surface area contributed by atoms with Gasteiger partial charge in [0.1, 0.15) is 0 Å². The van der Waals surface area contributed by atoms with E-state index in [1.54, 1.807) is 36.4 Å². The zero-order valence-electron chi connectivity index (χ0n) is 14.5. The minimum absolute atomic E-state index is 0.191. The van der Waals surface area contributed by atoms with Gasteiger partial charge in [-0.3, -0.25) is 9.53 Å². The molecule has 3 rings (SSSR count). The molecule has 1 saturated heterocycles. The number of benzene rings is 1. The van der Waals surface area contributed by atoms with Crippen LogP contribution in [-0.4, -0.2) is 29.9 Å². The standard InChI is InChI=1S/C19H20ClF3N2O2/c20-18(27-19(21,22)23)12-14(25-17(26)16-8-4-5-11-24-16)9-10-15(18)13-6-2-1-3-7-13/h1-3,6-7,9-10,16,24H,4-5,8,11-12H2,(H,25,26). The third-order valence-electron chi connectivity index (χ3n) is 4.54. The molecule has 0 saturated carbocycles. The number of carbonyl (C=O) groups is 1. The summed E-state index contributed by atoms with van der Waals surface area (Å²) < 4.78 is 43.3. The lowest BCUT2D eigenvalue weighted by Gasteiger charge is -2.34. The van der Waals surface area contributed by atoms with Gasteiger partial charge in [-0.05, 0) is 31.0 Å². The molecular formula is C19H20ClF3N2O2. The van der Waals surface area contributed by atoms with E-state index in [1.165, 1.54) is 6.08 Å². The van der Waals surface area contributed by atoms with E-state index in [1.807, 2.05) is 0 Å². The summed E-state index contributed by atoms with van der Waals surface area (Å²) in [6, 6.07) is 8.13. The summed E-state index contributed by atoms with van der Waals surface area (Å²) in [5.74, 6) is -0.275. The predicted molar refractivity (Wildman–Crippen MR) is 96.6 cm³/mol. The van der Waals surface area contributed by atoms with Crippen LogP contribution in [0.3, 0.4) is 0 Å². The highest BCUT2D eigenvalue weighted by molar-refractivity contribution is 6.29. The van der Waals surface area contributed by atoms with E-state index in [0.29, 0.717) is 12.0 Å². The maximum absolute atomic E-state index is 13.0. The van der Waals surface area contributed by atoms with E-state index >= 15 is 0 Å². The van der Waals surface area contributed by atoms with Gasteiger partial charge in [-0.1, -0.05) is 54.4 Å². The fourth-order valence-electron chi connectivity index (χ4n) is 3.32. The minimum Gasteiger partial charge on any atom is -0.328 e. The Morgan fingerprint density at radius 3 is 2.59 bits per heavy atom. The molecule has 4 nitrogen and oxygen atoms in total. The van der Waals surface area contributed by atoms with Gasteiger partial charge in [-0.15, -0.1) is 13.2 Å². The van der Waals surface area contributed by atoms with Crippen LogP contribution in [0.5, 0.6) is 0 Å². The number of halogens is 4. The highest BCUT2D eigenvalue weighted by Crippen LogP contribution is 2.45. The zero-order chi connectivity index (χ0) is 19.5. The largest absolute Gasteiger partial charge is 0.524 e. The molecule has 1 aromatic rings. The van der Waals surface area contributed by atoms with Gasteiger partial charge in [-0.25, -0.2) is 0 Å². The molecule has 1 aliphatic carbocycles. The lowest BCUT2D eigenvalue weighted by Crippen LogP contribution is -2.47. The van der Waals surface area contributed by atoms with E-state index < -0.39 is 11.4 Å². The second kappa shape index (κ2) is 8.04. The Balaban J connectivity index is 1.84. The SMILES string of the molecule is O=C(NC1=CC=C(c2ccccc2)C(Cl)(OC(F)(F)F)C1)C1CCCCN1. The molecule has 0 spiro atoms. The molecule has 0 bridgehead atoms. The number of allylic oxidation sites excluding steroid dienone is 2. The van der Waals surface area contributed by atoms with Gasteiger partial charge in [0.15, 0.2) is 5.06 Å². The zero-order valence-corrected chi connectivity index (χ0v) is 15.2. The summed E-state index contributed by atoms with van der Waals surface area (Å²) in [6.45, 7) is 0.742. The number of alkyl halides is 4. The number of carbonyl (C=O) groups excluding carboxylic acids is 1. The van der Waals surface area contributed by atoms with Crippen LogP contribution in [0.1, 0.15) is 31.2 Å². The van der Waals surface area contributed by atoms with Crippen LogP contribution in [-0.2, 0) is 9.53 Å². The predicted octanol–water partition coefficient (Wildman–Crippen LogP) is 4.09. The summed E-state index contributed by atoms with van der Waals surface area (Å²) in [4.78, 5) is 12.4. The average Bonchev–Trinajstić information content (AvgIpc) is 2.61. The fraction of sp³-hybridized carbons (Fsp3) is 0.421.